The van der Waals surface area contributed by atoms with Crippen molar-refractivity contribution in [2.75, 3.05) is 18.4 Å². The maximum Gasteiger partial charge on any atom is 0.293 e. The minimum atomic E-state index is -0.234. The molecule has 0 aromatic carbocycles. The molecule has 0 bridgehead atoms. The van der Waals surface area contributed by atoms with Gasteiger partial charge in [-0.3, -0.25) is 9.59 Å². The van der Waals surface area contributed by atoms with Crippen LogP contribution in [0.15, 0.2) is 17.2 Å². The van der Waals surface area contributed by atoms with Crippen LogP contribution in [0, 0.1) is 5.92 Å². The molecule has 17 heavy (non-hydrogen) atoms. The fourth-order valence-electron chi connectivity index (χ4n) is 1.43. The predicted octanol–water partition coefficient (Wildman–Crippen LogP) is -0.282. The van der Waals surface area contributed by atoms with E-state index in [1.54, 1.807) is 13.2 Å². The van der Waals surface area contributed by atoms with Crippen LogP contribution in [0.4, 0.5) is 5.82 Å². The van der Waals surface area contributed by atoms with E-state index >= 15 is 0 Å². The van der Waals surface area contributed by atoms with Crippen molar-refractivity contribution >= 4 is 11.7 Å². The van der Waals surface area contributed by atoms with Gasteiger partial charge < -0.3 is 15.2 Å². The summed E-state index contributed by atoms with van der Waals surface area (Å²) >= 11 is 0. The van der Waals surface area contributed by atoms with Gasteiger partial charge in [0.05, 0.1) is 6.54 Å². The maximum atomic E-state index is 11.6. The molecule has 0 spiro atoms. The molecule has 1 aliphatic rings. The van der Waals surface area contributed by atoms with Crippen LogP contribution in [0.2, 0.25) is 0 Å². The number of carbonyl (C=O) groups is 1. The molecule has 1 saturated carbocycles. The highest BCUT2D eigenvalue weighted by atomic mass is 16.2. The molecule has 1 aromatic heterocycles. The lowest BCUT2D eigenvalue weighted by Gasteiger charge is -2.06. The summed E-state index contributed by atoms with van der Waals surface area (Å²) in [6.45, 7) is 0.819. The third kappa shape index (κ3) is 3.30. The van der Waals surface area contributed by atoms with Crippen LogP contribution in [0.5, 0.6) is 0 Å². The normalized spacial score (nSPS) is 14.4. The lowest BCUT2D eigenvalue weighted by molar-refractivity contribution is -0.119. The third-order valence-electron chi connectivity index (χ3n) is 2.72. The van der Waals surface area contributed by atoms with Crippen molar-refractivity contribution in [3.05, 3.63) is 22.7 Å². The van der Waals surface area contributed by atoms with Gasteiger partial charge in [-0.1, -0.05) is 0 Å². The number of aromatic nitrogens is 2. The number of amides is 1. The number of aryl methyl sites for hydroxylation is 1. The molecule has 1 fully saturated rings. The number of rotatable bonds is 5. The number of nitrogens with zero attached hydrogens (tertiary/aromatic N) is 2. The van der Waals surface area contributed by atoms with E-state index in [1.165, 1.54) is 23.6 Å². The fourth-order valence-corrected chi connectivity index (χ4v) is 1.43. The molecule has 0 atom stereocenters. The highest BCUT2D eigenvalue weighted by molar-refractivity contribution is 5.80. The zero-order chi connectivity index (χ0) is 12.3. The van der Waals surface area contributed by atoms with Gasteiger partial charge in [0.25, 0.3) is 5.56 Å². The highest BCUT2D eigenvalue weighted by Crippen LogP contribution is 2.27. The Kier molecular flexibility index (Phi) is 3.41. The van der Waals surface area contributed by atoms with Gasteiger partial charge in [-0.15, -0.1) is 0 Å². The lowest BCUT2D eigenvalue weighted by atomic mass is 10.4. The molecule has 1 aromatic rings. The molecule has 6 nitrogen and oxygen atoms in total. The third-order valence-corrected chi connectivity index (χ3v) is 2.72. The number of nitrogens with one attached hydrogen (secondary N) is 2. The van der Waals surface area contributed by atoms with E-state index in [1.807, 2.05) is 0 Å². The van der Waals surface area contributed by atoms with Crippen LogP contribution in [-0.4, -0.2) is 28.5 Å². The van der Waals surface area contributed by atoms with Crippen molar-refractivity contribution in [2.24, 2.45) is 13.0 Å². The first kappa shape index (κ1) is 11.6. The van der Waals surface area contributed by atoms with Crippen LogP contribution in [0.1, 0.15) is 12.8 Å². The Hall–Kier alpha value is -1.85. The van der Waals surface area contributed by atoms with Gasteiger partial charge in [0.2, 0.25) is 5.91 Å². The number of hydrogen-bond acceptors (Lipinski definition) is 4. The Morgan fingerprint density at radius 1 is 1.59 bits per heavy atom. The van der Waals surface area contributed by atoms with E-state index in [0.717, 1.165) is 6.54 Å². The minimum absolute atomic E-state index is 0.0823. The summed E-state index contributed by atoms with van der Waals surface area (Å²) in [5.41, 5.74) is -0.234. The predicted molar refractivity (Wildman–Crippen MR) is 63.7 cm³/mol. The van der Waals surface area contributed by atoms with Crippen LogP contribution in [-0.2, 0) is 11.8 Å². The summed E-state index contributed by atoms with van der Waals surface area (Å²) < 4.78 is 1.41. The second-order valence-corrected chi connectivity index (χ2v) is 4.29. The number of anilines is 1. The molecule has 6 heteroatoms. The molecule has 0 radical (unpaired) electrons. The van der Waals surface area contributed by atoms with E-state index in [0.29, 0.717) is 5.92 Å². The molecule has 0 unspecified atom stereocenters. The first-order valence-corrected chi connectivity index (χ1v) is 5.69. The largest absolute Gasteiger partial charge is 0.356 e. The molecule has 1 aliphatic carbocycles. The summed E-state index contributed by atoms with van der Waals surface area (Å²) in [5, 5.41) is 5.55. The van der Waals surface area contributed by atoms with E-state index in [2.05, 4.69) is 15.6 Å². The summed E-state index contributed by atoms with van der Waals surface area (Å²) in [6.07, 6.45) is 5.50. The Morgan fingerprint density at radius 3 is 3.06 bits per heavy atom. The monoisotopic (exact) mass is 236 g/mol. The van der Waals surface area contributed by atoms with Crippen molar-refractivity contribution < 1.29 is 4.79 Å². The lowest BCUT2D eigenvalue weighted by Crippen LogP contribution is -2.33. The second kappa shape index (κ2) is 4.99. The van der Waals surface area contributed by atoms with Crippen molar-refractivity contribution in [1.29, 1.82) is 0 Å². The van der Waals surface area contributed by atoms with E-state index in [9.17, 15) is 9.59 Å². The summed E-state index contributed by atoms with van der Waals surface area (Å²) in [4.78, 5) is 26.9. The van der Waals surface area contributed by atoms with Crippen molar-refractivity contribution in [2.45, 2.75) is 12.8 Å². The van der Waals surface area contributed by atoms with Gasteiger partial charge in [-0.2, -0.15) is 0 Å². The molecule has 1 amide bonds. The standard InChI is InChI=1S/C11H16N4O2/c1-15-5-4-12-10(11(15)17)14-7-9(16)13-6-8-2-3-8/h4-5,8H,2-3,6-7H2,1H3,(H,12,14)(H,13,16). The van der Waals surface area contributed by atoms with E-state index < -0.39 is 0 Å². The van der Waals surface area contributed by atoms with E-state index in [4.69, 9.17) is 0 Å². The average molecular weight is 236 g/mol. The van der Waals surface area contributed by atoms with Gasteiger partial charge in [-0.05, 0) is 18.8 Å². The zero-order valence-electron chi connectivity index (χ0n) is 9.77. The second-order valence-electron chi connectivity index (χ2n) is 4.29. The van der Waals surface area contributed by atoms with Crippen LogP contribution < -0.4 is 16.2 Å². The van der Waals surface area contributed by atoms with Crippen LogP contribution >= 0.6 is 0 Å². The number of carbonyl (C=O) groups excluding carboxylic acids is 1. The fraction of sp³-hybridized carbons (Fsp3) is 0.545. The van der Waals surface area contributed by atoms with Crippen molar-refractivity contribution in [1.82, 2.24) is 14.9 Å². The Balaban J connectivity index is 1.82. The van der Waals surface area contributed by atoms with Gasteiger partial charge in [-0.25, -0.2) is 4.98 Å². The van der Waals surface area contributed by atoms with Crippen LogP contribution in [0.25, 0.3) is 0 Å². The first-order valence-electron chi connectivity index (χ1n) is 5.69. The Labute approximate surface area is 99.1 Å². The summed E-state index contributed by atoms with van der Waals surface area (Å²) in [6, 6.07) is 0. The molecule has 92 valence electrons. The van der Waals surface area contributed by atoms with Gasteiger partial charge in [0.1, 0.15) is 0 Å². The molecule has 2 rings (SSSR count). The Morgan fingerprint density at radius 2 is 2.35 bits per heavy atom. The molecule has 0 saturated heterocycles. The quantitative estimate of drug-likeness (QED) is 0.737. The highest BCUT2D eigenvalue weighted by Gasteiger charge is 2.21. The molecular formula is C11H16N4O2. The van der Waals surface area contributed by atoms with E-state index in [-0.39, 0.29) is 23.8 Å². The molecule has 1 heterocycles. The van der Waals surface area contributed by atoms with Gasteiger partial charge in [0.15, 0.2) is 5.82 Å². The van der Waals surface area contributed by atoms with Gasteiger partial charge in [0, 0.05) is 26.0 Å². The average Bonchev–Trinajstić information content (AvgIpc) is 3.12. The maximum absolute atomic E-state index is 11.6. The smallest absolute Gasteiger partial charge is 0.293 e. The van der Waals surface area contributed by atoms with Crippen molar-refractivity contribution in [3.8, 4) is 0 Å². The van der Waals surface area contributed by atoms with Gasteiger partial charge >= 0.3 is 0 Å². The number of hydrogen-bond donors (Lipinski definition) is 2. The van der Waals surface area contributed by atoms with Crippen LogP contribution in [0.3, 0.4) is 0 Å². The minimum Gasteiger partial charge on any atom is -0.356 e. The molecule has 0 aliphatic heterocycles. The first-order chi connectivity index (χ1) is 8.16. The summed E-state index contributed by atoms with van der Waals surface area (Å²) in [7, 11) is 1.64. The zero-order valence-corrected chi connectivity index (χ0v) is 9.77. The SMILES string of the molecule is Cn1ccnc(NCC(=O)NCC2CC2)c1=O. The Bertz CT molecular complexity index is 465. The molecular weight excluding hydrogens is 220 g/mol. The molecule has 2 N–H and O–H groups in total. The summed E-state index contributed by atoms with van der Waals surface area (Å²) in [5.74, 6) is 0.753. The topological polar surface area (TPSA) is 76.0 Å². The van der Waals surface area contributed by atoms with Crippen molar-refractivity contribution in [3.63, 3.8) is 0 Å².